The van der Waals surface area contributed by atoms with Crippen LogP contribution in [-0.4, -0.2) is 10.6 Å². The molecule has 0 saturated carbocycles. The highest BCUT2D eigenvalue weighted by Gasteiger charge is 2.27. The van der Waals surface area contributed by atoms with Gasteiger partial charge in [-0.2, -0.15) is 0 Å². The highest BCUT2D eigenvalue weighted by atomic mass is 79.9. The molecule has 0 radical (unpaired) electrons. The van der Waals surface area contributed by atoms with Gasteiger partial charge in [0, 0.05) is 5.56 Å². The highest BCUT2D eigenvalue weighted by Crippen LogP contribution is 2.34. The molecule has 0 aromatic heterocycles. The van der Waals surface area contributed by atoms with Gasteiger partial charge in [0.25, 0.3) is 0 Å². The second-order valence-electron chi connectivity index (χ2n) is 3.26. The average Bonchev–Trinajstić information content (AvgIpc) is 2.17. The Bertz CT molecular complexity index is 403. The van der Waals surface area contributed by atoms with E-state index in [4.69, 9.17) is 23.2 Å². The van der Waals surface area contributed by atoms with Crippen molar-refractivity contribution >= 4 is 44.9 Å². The van der Waals surface area contributed by atoms with E-state index in [1.54, 1.807) is 12.1 Å². The van der Waals surface area contributed by atoms with Crippen LogP contribution in [0.3, 0.4) is 0 Å². The topological polar surface area (TPSA) is 17.1 Å². The largest absolute Gasteiger partial charge is 0.293 e. The van der Waals surface area contributed by atoms with Crippen LogP contribution in [-0.2, 0) is 6.42 Å². The summed E-state index contributed by atoms with van der Waals surface area (Å²) in [4.78, 5) is 11.7. The first-order valence-corrected chi connectivity index (χ1v) is 5.93. The summed E-state index contributed by atoms with van der Waals surface area (Å²) in [6.45, 7) is 0. The van der Waals surface area contributed by atoms with E-state index in [1.807, 2.05) is 0 Å². The first-order chi connectivity index (χ1) is 6.61. The fourth-order valence-electron chi connectivity index (χ4n) is 1.64. The van der Waals surface area contributed by atoms with E-state index >= 15 is 0 Å². The Balaban J connectivity index is 2.59. The maximum atomic E-state index is 11.7. The van der Waals surface area contributed by atoms with Gasteiger partial charge in [-0.05, 0) is 30.5 Å². The third-order valence-electron chi connectivity index (χ3n) is 2.39. The minimum absolute atomic E-state index is 0.0766. The molecular weight excluding hydrogens is 287 g/mol. The van der Waals surface area contributed by atoms with Gasteiger partial charge < -0.3 is 0 Å². The smallest absolute Gasteiger partial charge is 0.176 e. The lowest BCUT2D eigenvalue weighted by Gasteiger charge is -2.20. The lowest BCUT2D eigenvalue weighted by molar-refractivity contribution is 0.0981. The van der Waals surface area contributed by atoms with Crippen molar-refractivity contribution in [2.45, 2.75) is 17.7 Å². The molecule has 0 aliphatic heterocycles. The summed E-state index contributed by atoms with van der Waals surface area (Å²) in [6, 6.07) is 3.42. The molecule has 1 unspecified atom stereocenters. The van der Waals surface area contributed by atoms with Crippen molar-refractivity contribution in [1.82, 2.24) is 0 Å². The lowest BCUT2D eigenvalue weighted by atomic mass is 9.90. The summed E-state index contributed by atoms with van der Waals surface area (Å²) in [5.41, 5.74) is 1.59. The zero-order chi connectivity index (χ0) is 10.3. The van der Waals surface area contributed by atoms with Crippen molar-refractivity contribution in [2.75, 3.05) is 0 Å². The molecule has 0 amide bonds. The number of fused-ring (bicyclic) bond motifs is 1. The number of carbonyl (C=O) groups is 1. The van der Waals surface area contributed by atoms with Crippen LogP contribution in [0.15, 0.2) is 12.1 Å². The fourth-order valence-corrected chi connectivity index (χ4v) is 2.55. The molecule has 0 heterocycles. The van der Waals surface area contributed by atoms with Crippen LogP contribution in [0.25, 0.3) is 0 Å². The molecule has 1 nitrogen and oxygen atoms in total. The van der Waals surface area contributed by atoms with Gasteiger partial charge in [0.1, 0.15) is 0 Å². The Kier molecular flexibility index (Phi) is 2.87. The van der Waals surface area contributed by atoms with Crippen LogP contribution in [0.4, 0.5) is 0 Å². The minimum Gasteiger partial charge on any atom is -0.293 e. The summed E-state index contributed by atoms with van der Waals surface area (Å²) >= 11 is 15.2. The van der Waals surface area contributed by atoms with Gasteiger partial charge in [-0.15, -0.1) is 0 Å². The van der Waals surface area contributed by atoms with Crippen LogP contribution in [0.2, 0.25) is 10.0 Å². The van der Waals surface area contributed by atoms with Gasteiger partial charge in [-0.1, -0.05) is 39.1 Å². The van der Waals surface area contributed by atoms with Crippen molar-refractivity contribution < 1.29 is 4.79 Å². The average molecular weight is 294 g/mol. The van der Waals surface area contributed by atoms with Crippen LogP contribution < -0.4 is 0 Å². The van der Waals surface area contributed by atoms with E-state index in [0.29, 0.717) is 15.6 Å². The number of hydrogen-bond acceptors (Lipinski definition) is 1. The molecule has 1 atom stereocenters. The van der Waals surface area contributed by atoms with Crippen molar-refractivity contribution in [3.63, 3.8) is 0 Å². The summed E-state index contributed by atoms with van der Waals surface area (Å²) < 4.78 is 0. The molecule has 14 heavy (non-hydrogen) atoms. The number of benzene rings is 1. The predicted molar refractivity (Wildman–Crippen MR) is 61.8 cm³/mol. The van der Waals surface area contributed by atoms with E-state index in [2.05, 4.69) is 15.9 Å². The molecule has 1 aromatic rings. The number of carbonyl (C=O) groups excluding carboxylic acids is 1. The maximum Gasteiger partial charge on any atom is 0.176 e. The molecule has 0 fully saturated rings. The summed E-state index contributed by atoms with van der Waals surface area (Å²) in [7, 11) is 0. The number of alkyl halides is 1. The Morgan fingerprint density at radius 2 is 2.07 bits per heavy atom. The molecule has 0 saturated heterocycles. The number of hydrogen-bond donors (Lipinski definition) is 0. The van der Waals surface area contributed by atoms with Gasteiger partial charge in [-0.25, -0.2) is 0 Å². The van der Waals surface area contributed by atoms with E-state index in [1.165, 1.54) is 0 Å². The second kappa shape index (κ2) is 3.84. The van der Waals surface area contributed by atoms with Gasteiger partial charge in [0.15, 0.2) is 5.78 Å². The zero-order valence-electron chi connectivity index (χ0n) is 7.19. The monoisotopic (exact) mass is 292 g/mol. The molecule has 1 aliphatic rings. The van der Waals surface area contributed by atoms with Crippen molar-refractivity contribution in [3.8, 4) is 0 Å². The van der Waals surface area contributed by atoms with Gasteiger partial charge in [0.05, 0.1) is 14.9 Å². The van der Waals surface area contributed by atoms with Crippen LogP contribution in [0, 0.1) is 0 Å². The first kappa shape index (κ1) is 10.5. The number of Topliss-reactive ketones (excluding diaryl/α,β-unsaturated/α-hetero) is 1. The maximum absolute atomic E-state index is 11.7. The predicted octanol–water partition coefficient (Wildman–Crippen LogP) is 3.89. The normalized spacial score (nSPS) is 20.8. The van der Waals surface area contributed by atoms with E-state index < -0.39 is 0 Å². The first-order valence-electron chi connectivity index (χ1n) is 4.26. The number of halogens is 3. The third-order valence-corrected chi connectivity index (χ3v) is 4.11. The minimum atomic E-state index is -0.0766. The number of ketones is 1. The fraction of sp³-hybridized carbons (Fsp3) is 0.300. The van der Waals surface area contributed by atoms with Crippen LogP contribution >= 0.6 is 39.1 Å². The van der Waals surface area contributed by atoms with Gasteiger partial charge in [-0.3, -0.25) is 4.79 Å². The van der Waals surface area contributed by atoms with E-state index in [0.717, 1.165) is 18.4 Å². The van der Waals surface area contributed by atoms with Gasteiger partial charge >= 0.3 is 0 Å². The zero-order valence-corrected chi connectivity index (χ0v) is 10.3. The Labute approximate surface area is 101 Å². The van der Waals surface area contributed by atoms with Crippen LogP contribution in [0.1, 0.15) is 22.3 Å². The SMILES string of the molecule is O=C1c2ccc(Cl)c(Cl)c2CCC1Br. The highest BCUT2D eigenvalue weighted by molar-refractivity contribution is 9.10. The van der Waals surface area contributed by atoms with E-state index in [-0.39, 0.29) is 10.6 Å². The molecule has 0 bridgehead atoms. The molecule has 74 valence electrons. The van der Waals surface area contributed by atoms with E-state index in [9.17, 15) is 4.79 Å². The molecule has 1 aromatic carbocycles. The molecule has 1 aliphatic carbocycles. The Morgan fingerprint density at radius 1 is 1.36 bits per heavy atom. The van der Waals surface area contributed by atoms with Crippen molar-refractivity contribution in [1.29, 1.82) is 0 Å². The van der Waals surface area contributed by atoms with Crippen LogP contribution in [0.5, 0.6) is 0 Å². The van der Waals surface area contributed by atoms with Gasteiger partial charge in [0.2, 0.25) is 0 Å². The quantitative estimate of drug-likeness (QED) is 0.663. The number of rotatable bonds is 0. The molecular formula is C10H7BrCl2O. The Morgan fingerprint density at radius 3 is 2.79 bits per heavy atom. The summed E-state index contributed by atoms with van der Waals surface area (Å²) in [5.74, 6) is 0.102. The lowest BCUT2D eigenvalue weighted by Crippen LogP contribution is -2.22. The molecule has 4 heteroatoms. The standard InChI is InChI=1S/C10H7BrCl2O/c11-7-3-1-5-6(10(7)14)2-4-8(12)9(5)13/h2,4,7H,1,3H2. The second-order valence-corrected chi connectivity index (χ2v) is 5.15. The Hall–Kier alpha value is -0.0500. The van der Waals surface area contributed by atoms with Crippen molar-refractivity contribution in [2.24, 2.45) is 0 Å². The third kappa shape index (κ3) is 1.60. The summed E-state index contributed by atoms with van der Waals surface area (Å²) in [6.07, 6.45) is 1.59. The molecule has 0 N–H and O–H groups in total. The molecule has 2 rings (SSSR count). The van der Waals surface area contributed by atoms with Crippen molar-refractivity contribution in [3.05, 3.63) is 33.3 Å². The summed E-state index contributed by atoms with van der Waals surface area (Å²) in [5, 5.41) is 1.04. The molecule has 0 spiro atoms.